The summed E-state index contributed by atoms with van der Waals surface area (Å²) in [6.07, 6.45) is -4.78. The van der Waals surface area contributed by atoms with E-state index >= 15 is 0 Å². The fraction of sp³-hybridized carbons (Fsp3) is 0.150. The molecule has 0 saturated heterocycles. The number of halogens is 3. The van der Waals surface area contributed by atoms with E-state index in [-0.39, 0.29) is 16.2 Å². The average molecular weight is 407 g/mol. The lowest BCUT2D eigenvalue weighted by Gasteiger charge is -2.14. The molecule has 3 rings (SSSR count). The van der Waals surface area contributed by atoms with E-state index in [9.17, 15) is 21.6 Å². The summed E-state index contributed by atoms with van der Waals surface area (Å²) in [6.45, 7) is 3.31. The molecule has 28 heavy (non-hydrogen) atoms. The Bertz CT molecular complexity index is 1140. The summed E-state index contributed by atoms with van der Waals surface area (Å²) in [5.74, 6) is -0.263. The van der Waals surface area contributed by atoms with E-state index in [0.29, 0.717) is 16.3 Å². The van der Waals surface area contributed by atoms with Crippen LogP contribution < -0.4 is 4.84 Å². The van der Waals surface area contributed by atoms with Crippen LogP contribution in [-0.2, 0) is 10.7 Å². The van der Waals surface area contributed by atoms with Crippen LogP contribution in [0.25, 0.3) is 10.8 Å². The summed E-state index contributed by atoms with van der Waals surface area (Å²) < 4.78 is 64.2. The molecular formula is C20H16F3NO3S. The van der Waals surface area contributed by atoms with Crippen LogP contribution in [0.3, 0.4) is 0 Å². The minimum Gasteiger partial charge on any atom is -0.355 e. The number of thiol groups is 1. The van der Waals surface area contributed by atoms with Gasteiger partial charge in [-0.2, -0.15) is 13.2 Å². The molecule has 8 heteroatoms. The van der Waals surface area contributed by atoms with E-state index in [1.165, 1.54) is 12.1 Å². The maximum atomic E-state index is 13.6. The molecule has 4 nitrogen and oxygen atoms in total. The molecule has 0 atom stereocenters. The molecule has 0 unspecified atom stereocenters. The summed E-state index contributed by atoms with van der Waals surface area (Å²) in [6, 6.07) is 13.9. The van der Waals surface area contributed by atoms with Gasteiger partial charge in [0.1, 0.15) is 4.90 Å². The maximum absolute atomic E-state index is 13.6. The highest BCUT2D eigenvalue weighted by atomic mass is 32.2. The van der Waals surface area contributed by atoms with Gasteiger partial charge in [-0.15, -0.1) is 0 Å². The molecule has 0 saturated carbocycles. The lowest BCUT2D eigenvalue weighted by atomic mass is 10.0. The first kappa shape index (κ1) is 19.9. The number of rotatable bonds is 4. The van der Waals surface area contributed by atoms with E-state index in [2.05, 4.69) is 5.16 Å². The van der Waals surface area contributed by atoms with Crippen LogP contribution in [0.5, 0.6) is 5.75 Å². The Kier molecular flexibility index (Phi) is 5.42. The third-order valence-corrected chi connectivity index (χ3v) is 5.01. The number of hydrogen-bond donors (Lipinski definition) is 1. The van der Waals surface area contributed by atoms with E-state index < -0.39 is 22.6 Å². The number of alkyl halides is 3. The number of nitrogens with zero attached hydrogens (tertiary/aromatic N) is 1. The van der Waals surface area contributed by atoms with Gasteiger partial charge in [0.15, 0.2) is 22.2 Å². The van der Waals surface area contributed by atoms with Gasteiger partial charge in [0, 0.05) is 10.9 Å². The molecule has 0 bridgehead atoms. The fourth-order valence-electron chi connectivity index (χ4n) is 2.92. The van der Waals surface area contributed by atoms with Crippen molar-refractivity contribution in [3.05, 3.63) is 71.3 Å². The Morgan fingerprint density at radius 2 is 1.71 bits per heavy atom. The molecule has 0 heterocycles. The van der Waals surface area contributed by atoms with Crippen molar-refractivity contribution in [2.45, 2.75) is 24.9 Å². The second-order valence-electron chi connectivity index (χ2n) is 6.24. The molecule has 0 N–H and O–H groups in total. The minimum atomic E-state index is -4.78. The molecule has 0 radical (unpaired) electrons. The molecule has 0 aliphatic rings. The van der Waals surface area contributed by atoms with Crippen molar-refractivity contribution in [2.75, 3.05) is 0 Å². The van der Waals surface area contributed by atoms with Gasteiger partial charge in [-0.05, 0) is 30.9 Å². The molecule has 0 aliphatic carbocycles. The third kappa shape index (κ3) is 4.01. The smallest absolute Gasteiger partial charge is 0.355 e. The Morgan fingerprint density at radius 3 is 2.36 bits per heavy atom. The first-order valence-corrected chi connectivity index (χ1v) is 9.42. The number of aryl methyl sites for hydroxylation is 2. The van der Waals surface area contributed by atoms with E-state index in [0.717, 1.165) is 5.56 Å². The second-order valence-corrected chi connectivity index (χ2v) is 7.20. The van der Waals surface area contributed by atoms with Crippen molar-refractivity contribution in [1.29, 1.82) is 0 Å². The standard InChI is InChI=1S/C20H16F3NO3S/c1-12-7-9-15(13(2)11-12)19(20(21,22)23)24-27-17-10-8-14-5-3-4-6-16(14)18(17)28(25)26/h3-11,28H,1-2H3. The van der Waals surface area contributed by atoms with Crippen LogP contribution >= 0.6 is 0 Å². The monoisotopic (exact) mass is 407 g/mol. The molecule has 0 fully saturated rings. The number of hydrogen-bond acceptors (Lipinski definition) is 4. The summed E-state index contributed by atoms with van der Waals surface area (Å²) in [5.41, 5.74) is -0.172. The van der Waals surface area contributed by atoms with Gasteiger partial charge in [-0.3, -0.25) is 0 Å². The van der Waals surface area contributed by atoms with E-state index in [1.54, 1.807) is 56.3 Å². The largest absolute Gasteiger partial charge is 0.437 e. The zero-order valence-corrected chi connectivity index (χ0v) is 15.8. The minimum absolute atomic E-state index is 0.132. The van der Waals surface area contributed by atoms with Crippen molar-refractivity contribution < 1.29 is 26.4 Å². The quantitative estimate of drug-likeness (QED) is 0.385. The Morgan fingerprint density at radius 1 is 1.00 bits per heavy atom. The highest BCUT2D eigenvalue weighted by Gasteiger charge is 2.38. The fourth-order valence-corrected chi connectivity index (χ4v) is 3.62. The molecule has 3 aromatic carbocycles. The zero-order chi connectivity index (χ0) is 20.5. The summed E-state index contributed by atoms with van der Waals surface area (Å²) in [7, 11) is -3.12. The van der Waals surface area contributed by atoms with Crippen LogP contribution in [0.1, 0.15) is 16.7 Å². The Balaban J connectivity index is 2.13. The molecule has 146 valence electrons. The highest BCUT2D eigenvalue weighted by molar-refractivity contribution is 7.72. The molecule has 0 aliphatic heterocycles. The number of fused-ring (bicyclic) bond motifs is 1. The van der Waals surface area contributed by atoms with E-state index in [1.807, 2.05) is 0 Å². The normalized spacial score (nSPS) is 12.6. The predicted molar refractivity (Wildman–Crippen MR) is 102 cm³/mol. The van der Waals surface area contributed by atoms with Gasteiger partial charge in [0.05, 0.1) is 0 Å². The van der Waals surface area contributed by atoms with Crippen LogP contribution in [0.4, 0.5) is 13.2 Å². The number of benzene rings is 3. The van der Waals surface area contributed by atoms with Crippen LogP contribution in [0.2, 0.25) is 0 Å². The lowest BCUT2D eigenvalue weighted by Crippen LogP contribution is -2.26. The van der Waals surface area contributed by atoms with Gasteiger partial charge in [0.25, 0.3) is 0 Å². The first-order chi connectivity index (χ1) is 13.2. The van der Waals surface area contributed by atoms with Gasteiger partial charge >= 0.3 is 6.18 Å². The average Bonchev–Trinajstić information content (AvgIpc) is 2.61. The van der Waals surface area contributed by atoms with Crippen molar-refractivity contribution in [3.8, 4) is 5.75 Å². The van der Waals surface area contributed by atoms with Crippen LogP contribution in [-0.4, -0.2) is 20.3 Å². The van der Waals surface area contributed by atoms with Crippen molar-refractivity contribution in [3.63, 3.8) is 0 Å². The van der Waals surface area contributed by atoms with Gasteiger partial charge in [0.2, 0.25) is 0 Å². The number of oxime groups is 1. The van der Waals surface area contributed by atoms with Crippen molar-refractivity contribution in [2.24, 2.45) is 5.16 Å². The molecule has 0 amide bonds. The predicted octanol–water partition coefficient (Wildman–Crippen LogP) is 4.77. The maximum Gasteiger partial charge on any atom is 0.437 e. The topological polar surface area (TPSA) is 55.7 Å². The highest BCUT2D eigenvalue weighted by Crippen LogP contribution is 2.31. The van der Waals surface area contributed by atoms with Crippen LogP contribution in [0, 0.1) is 13.8 Å². The lowest BCUT2D eigenvalue weighted by molar-refractivity contribution is -0.0598. The van der Waals surface area contributed by atoms with Crippen molar-refractivity contribution in [1.82, 2.24) is 0 Å². The Hall–Kier alpha value is -2.87. The molecule has 0 spiro atoms. The first-order valence-electron chi connectivity index (χ1n) is 8.24. The summed E-state index contributed by atoms with van der Waals surface area (Å²) in [4.78, 5) is 4.81. The van der Waals surface area contributed by atoms with Crippen molar-refractivity contribution >= 4 is 27.2 Å². The van der Waals surface area contributed by atoms with E-state index in [4.69, 9.17) is 4.84 Å². The SMILES string of the molecule is Cc1ccc(C(=NOc2ccc3ccccc3c2[SH](=O)=O)C(F)(F)F)c(C)c1. The molecular weight excluding hydrogens is 391 g/mol. The summed E-state index contributed by atoms with van der Waals surface area (Å²) >= 11 is 0. The van der Waals surface area contributed by atoms with Gasteiger partial charge < -0.3 is 4.84 Å². The second kappa shape index (κ2) is 7.63. The molecule has 0 aromatic heterocycles. The Labute approximate surface area is 161 Å². The third-order valence-electron chi connectivity index (χ3n) is 4.19. The van der Waals surface area contributed by atoms with Gasteiger partial charge in [-0.1, -0.05) is 59.3 Å². The van der Waals surface area contributed by atoms with Crippen LogP contribution in [0.15, 0.2) is 64.6 Å². The zero-order valence-electron chi connectivity index (χ0n) is 14.9. The summed E-state index contributed by atoms with van der Waals surface area (Å²) in [5, 5.41) is 4.28. The molecule has 3 aromatic rings. The van der Waals surface area contributed by atoms with Gasteiger partial charge in [-0.25, -0.2) is 8.42 Å².